The predicted molar refractivity (Wildman–Crippen MR) is 114 cm³/mol. The molecule has 0 fully saturated rings. The van der Waals surface area contributed by atoms with E-state index in [2.05, 4.69) is 35.5 Å². The molecule has 0 bridgehead atoms. The second kappa shape index (κ2) is 17.5. The fourth-order valence-corrected chi connectivity index (χ4v) is 3.70. The number of β-amino-alcohol motifs (C(OH)–C–C–N with tert-alkyl or cyclic N) is 1. The molecule has 1 aliphatic rings. The van der Waals surface area contributed by atoms with E-state index in [1.807, 2.05) is 6.20 Å². The minimum atomic E-state index is 0.235. The third-order valence-corrected chi connectivity index (χ3v) is 5.31. The molecule has 0 aromatic rings. The third kappa shape index (κ3) is 12.4. The first-order valence-corrected chi connectivity index (χ1v) is 11.3. The van der Waals surface area contributed by atoms with Gasteiger partial charge < -0.3 is 15.3 Å². The van der Waals surface area contributed by atoms with E-state index in [1.165, 1.54) is 96.3 Å². The van der Waals surface area contributed by atoms with Gasteiger partial charge in [0.2, 0.25) is 0 Å². The van der Waals surface area contributed by atoms with Crippen LogP contribution < -0.4 is 5.32 Å². The third-order valence-electron chi connectivity index (χ3n) is 5.31. The summed E-state index contributed by atoms with van der Waals surface area (Å²) in [5, 5.41) is 12.4. The quantitative estimate of drug-likeness (QED) is 0.227. The Balaban J connectivity index is 1.75. The first-order valence-electron chi connectivity index (χ1n) is 11.3. The number of nitrogens with zero attached hydrogens (tertiary/aromatic N) is 1. The van der Waals surface area contributed by atoms with Crippen LogP contribution >= 0.6 is 0 Å². The van der Waals surface area contributed by atoms with Crippen molar-refractivity contribution in [2.24, 2.45) is 0 Å². The zero-order valence-corrected chi connectivity index (χ0v) is 17.3. The standard InChI is InChI=1S/C23H44N2O/c1-2-3-4-5-6-7-8-9-10-11-12-13-14-15-16-17-18-23-24-19-20-25(23)21-22-26/h3-4,19-20,23-24,26H,2,5-18,21-22H2,1H3/b4-3+. The molecule has 0 aromatic carbocycles. The Morgan fingerprint density at radius 1 is 0.846 bits per heavy atom. The number of unbranched alkanes of at least 4 members (excludes halogenated alkanes) is 12. The highest BCUT2D eigenvalue weighted by atomic mass is 16.3. The Labute approximate surface area is 162 Å². The number of aliphatic hydroxyl groups excluding tert-OH is 1. The fraction of sp³-hybridized carbons (Fsp3) is 0.826. The summed E-state index contributed by atoms with van der Waals surface area (Å²) in [6.45, 7) is 3.18. The number of hydrogen-bond donors (Lipinski definition) is 2. The second-order valence-electron chi connectivity index (χ2n) is 7.66. The monoisotopic (exact) mass is 364 g/mol. The van der Waals surface area contributed by atoms with Gasteiger partial charge in [-0.1, -0.05) is 83.3 Å². The number of nitrogens with one attached hydrogen (secondary N) is 1. The summed E-state index contributed by atoms with van der Waals surface area (Å²) >= 11 is 0. The highest BCUT2D eigenvalue weighted by Gasteiger charge is 2.16. The van der Waals surface area contributed by atoms with E-state index >= 15 is 0 Å². The Kier molecular flexibility index (Phi) is 15.5. The molecule has 0 saturated carbocycles. The summed E-state index contributed by atoms with van der Waals surface area (Å²) in [6.07, 6.45) is 29.5. The molecule has 0 saturated heterocycles. The van der Waals surface area contributed by atoms with Crippen molar-refractivity contribution < 1.29 is 5.11 Å². The molecule has 152 valence electrons. The summed E-state index contributed by atoms with van der Waals surface area (Å²) in [6, 6.07) is 0. The second-order valence-corrected chi connectivity index (χ2v) is 7.66. The SMILES string of the molecule is CC/C=C/CCCCCCCCCCCCCCC1NC=CN1CCO. The number of hydrogen-bond acceptors (Lipinski definition) is 3. The van der Waals surface area contributed by atoms with Crippen molar-refractivity contribution in [2.45, 2.75) is 109 Å². The van der Waals surface area contributed by atoms with Gasteiger partial charge in [-0.25, -0.2) is 0 Å². The molecular weight excluding hydrogens is 320 g/mol. The lowest BCUT2D eigenvalue weighted by molar-refractivity contribution is 0.194. The molecule has 1 rings (SSSR count). The van der Waals surface area contributed by atoms with E-state index in [4.69, 9.17) is 5.11 Å². The lowest BCUT2D eigenvalue weighted by Gasteiger charge is -2.24. The van der Waals surface area contributed by atoms with Gasteiger partial charge in [-0.15, -0.1) is 0 Å². The lowest BCUT2D eigenvalue weighted by Crippen LogP contribution is -2.36. The molecule has 1 heterocycles. The smallest absolute Gasteiger partial charge is 0.0982 e. The zero-order chi connectivity index (χ0) is 18.7. The molecule has 0 amide bonds. The molecule has 1 unspecified atom stereocenters. The number of aliphatic hydroxyl groups is 1. The van der Waals surface area contributed by atoms with Crippen LogP contribution in [0.3, 0.4) is 0 Å². The first-order chi connectivity index (χ1) is 12.9. The number of rotatable bonds is 18. The largest absolute Gasteiger partial charge is 0.395 e. The molecule has 0 spiro atoms. The molecule has 0 aromatic heterocycles. The van der Waals surface area contributed by atoms with Gasteiger partial charge in [-0.05, 0) is 32.1 Å². The summed E-state index contributed by atoms with van der Waals surface area (Å²) < 4.78 is 0. The van der Waals surface area contributed by atoms with Crippen LogP contribution in [0.25, 0.3) is 0 Å². The van der Waals surface area contributed by atoms with Crippen molar-refractivity contribution in [3.05, 3.63) is 24.6 Å². The molecule has 0 aliphatic carbocycles. The fourth-order valence-electron chi connectivity index (χ4n) is 3.70. The molecule has 0 radical (unpaired) electrons. The van der Waals surface area contributed by atoms with E-state index in [-0.39, 0.29) is 6.61 Å². The van der Waals surface area contributed by atoms with Gasteiger partial charge in [0.1, 0.15) is 0 Å². The van der Waals surface area contributed by atoms with Gasteiger partial charge >= 0.3 is 0 Å². The van der Waals surface area contributed by atoms with Crippen molar-refractivity contribution in [3.8, 4) is 0 Å². The van der Waals surface area contributed by atoms with Crippen LogP contribution in [0.1, 0.15) is 103 Å². The highest BCUT2D eigenvalue weighted by molar-refractivity contribution is 4.93. The lowest BCUT2D eigenvalue weighted by atomic mass is 10.0. The number of allylic oxidation sites excluding steroid dienone is 2. The maximum Gasteiger partial charge on any atom is 0.0982 e. The van der Waals surface area contributed by atoms with Crippen LogP contribution in [0, 0.1) is 0 Å². The molecule has 2 N–H and O–H groups in total. The van der Waals surface area contributed by atoms with Crippen molar-refractivity contribution in [2.75, 3.05) is 13.2 Å². The van der Waals surface area contributed by atoms with E-state index in [9.17, 15) is 0 Å². The average molecular weight is 365 g/mol. The molecule has 3 nitrogen and oxygen atoms in total. The molecule has 1 aliphatic heterocycles. The van der Waals surface area contributed by atoms with Gasteiger partial charge in [-0.3, -0.25) is 0 Å². The van der Waals surface area contributed by atoms with E-state index in [0.717, 1.165) is 6.54 Å². The van der Waals surface area contributed by atoms with Crippen LogP contribution in [0.4, 0.5) is 0 Å². The van der Waals surface area contributed by atoms with Gasteiger partial charge in [0, 0.05) is 18.9 Å². The molecule has 3 heteroatoms. The van der Waals surface area contributed by atoms with Crippen molar-refractivity contribution in [1.29, 1.82) is 0 Å². The maximum atomic E-state index is 9.05. The van der Waals surface area contributed by atoms with Gasteiger partial charge in [0.05, 0.1) is 12.8 Å². The van der Waals surface area contributed by atoms with Crippen molar-refractivity contribution >= 4 is 0 Å². The highest BCUT2D eigenvalue weighted by Crippen LogP contribution is 2.15. The Morgan fingerprint density at radius 2 is 1.42 bits per heavy atom. The zero-order valence-electron chi connectivity index (χ0n) is 17.3. The van der Waals surface area contributed by atoms with Gasteiger partial charge in [-0.2, -0.15) is 0 Å². The summed E-state index contributed by atoms with van der Waals surface area (Å²) in [5.41, 5.74) is 0. The minimum Gasteiger partial charge on any atom is -0.395 e. The first kappa shape index (κ1) is 23.1. The summed E-state index contributed by atoms with van der Waals surface area (Å²) in [4.78, 5) is 2.21. The molecule has 1 atom stereocenters. The van der Waals surface area contributed by atoms with E-state index in [0.29, 0.717) is 6.17 Å². The van der Waals surface area contributed by atoms with Crippen molar-refractivity contribution in [3.63, 3.8) is 0 Å². The summed E-state index contributed by atoms with van der Waals surface area (Å²) in [5.74, 6) is 0. The van der Waals surface area contributed by atoms with Gasteiger partial charge in [0.25, 0.3) is 0 Å². The van der Waals surface area contributed by atoms with Crippen LogP contribution in [0.5, 0.6) is 0 Å². The normalized spacial score (nSPS) is 16.7. The molecule has 26 heavy (non-hydrogen) atoms. The Bertz CT molecular complexity index is 354. The van der Waals surface area contributed by atoms with Crippen LogP contribution in [-0.4, -0.2) is 29.3 Å². The van der Waals surface area contributed by atoms with Crippen LogP contribution in [0.2, 0.25) is 0 Å². The Hall–Kier alpha value is -0.960. The molecular formula is C23H44N2O. The topological polar surface area (TPSA) is 35.5 Å². The Morgan fingerprint density at radius 3 is 2.00 bits per heavy atom. The predicted octanol–water partition coefficient (Wildman–Crippen LogP) is 6.11. The summed E-state index contributed by atoms with van der Waals surface area (Å²) in [7, 11) is 0. The van der Waals surface area contributed by atoms with Crippen LogP contribution in [0.15, 0.2) is 24.6 Å². The minimum absolute atomic E-state index is 0.235. The van der Waals surface area contributed by atoms with E-state index < -0.39 is 0 Å². The van der Waals surface area contributed by atoms with Crippen LogP contribution in [-0.2, 0) is 0 Å². The van der Waals surface area contributed by atoms with E-state index in [1.54, 1.807) is 0 Å². The average Bonchev–Trinajstić information content (AvgIpc) is 3.09. The van der Waals surface area contributed by atoms with Crippen molar-refractivity contribution in [1.82, 2.24) is 10.2 Å². The maximum absolute atomic E-state index is 9.05. The van der Waals surface area contributed by atoms with Gasteiger partial charge in [0.15, 0.2) is 0 Å².